The molecule has 3 amide bonds. The number of carbonyl (C=O) groups is 5. The number of fused-ring (bicyclic) bond motifs is 3. The van der Waals surface area contributed by atoms with Gasteiger partial charge >= 0.3 is 5.97 Å². The van der Waals surface area contributed by atoms with Crippen molar-refractivity contribution in [1.82, 2.24) is 9.80 Å². The molecule has 1 aromatic heterocycles. The number of piperazine rings is 1. The van der Waals surface area contributed by atoms with Crippen LogP contribution in [-0.4, -0.2) is 78.1 Å². The van der Waals surface area contributed by atoms with Crippen LogP contribution in [0.3, 0.4) is 0 Å². The molecule has 2 aliphatic heterocycles. The van der Waals surface area contributed by atoms with Crippen LogP contribution in [0.5, 0.6) is 0 Å². The van der Waals surface area contributed by atoms with Crippen molar-refractivity contribution in [2.24, 2.45) is 0 Å². The highest BCUT2D eigenvalue weighted by Gasteiger charge is 2.43. The third kappa shape index (κ3) is 5.33. The maximum atomic E-state index is 13.3. The van der Waals surface area contributed by atoms with Crippen LogP contribution in [0.2, 0.25) is 0 Å². The molecule has 4 aromatic rings. The van der Waals surface area contributed by atoms with E-state index in [0.29, 0.717) is 37.4 Å². The number of anilines is 1. The number of ketones is 1. The van der Waals surface area contributed by atoms with Gasteiger partial charge in [0.2, 0.25) is 5.91 Å². The van der Waals surface area contributed by atoms with Crippen LogP contribution in [0.15, 0.2) is 89.5 Å². The van der Waals surface area contributed by atoms with Gasteiger partial charge in [-0.25, -0.2) is 9.69 Å². The molecule has 0 N–H and O–H groups in total. The van der Waals surface area contributed by atoms with E-state index in [9.17, 15) is 24.0 Å². The van der Waals surface area contributed by atoms with E-state index in [1.807, 2.05) is 29.2 Å². The average Bonchev–Trinajstić information content (AvgIpc) is 3.81. The lowest BCUT2D eigenvalue weighted by Gasteiger charge is -2.36. The maximum Gasteiger partial charge on any atom is 0.338 e. The van der Waals surface area contributed by atoms with Crippen molar-refractivity contribution in [3.05, 3.63) is 113 Å². The Morgan fingerprint density at radius 3 is 2.29 bits per heavy atom. The molecule has 0 bridgehead atoms. The first-order chi connectivity index (χ1) is 21.9. The van der Waals surface area contributed by atoms with E-state index in [4.69, 9.17) is 9.15 Å². The van der Waals surface area contributed by atoms with E-state index >= 15 is 0 Å². The quantitative estimate of drug-likeness (QED) is 0.156. The van der Waals surface area contributed by atoms with Gasteiger partial charge in [0.05, 0.1) is 30.0 Å². The SMILES string of the molecule is O=C(COC(=O)c1ccc(N2C(=O)CC(N3CCN(C(=O)c4ccco4)CC3)C2=O)cc1)c1ccc2c(c1)Cc1ccccc1-2. The van der Waals surface area contributed by atoms with Gasteiger partial charge in [-0.1, -0.05) is 36.4 Å². The molecule has 45 heavy (non-hydrogen) atoms. The number of benzene rings is 3. The van der Waals surface area contributed by atoms with Crippen LogP contribution >= 0.6 is 0 Å². The summed E-state index contributed by atoms with van der Waals surface area (Å²) in [6.45, 7) is 1.33. The summed E-state index contributed by atoms with van der Waals surface area (Å²) in [4.78, 5) is 69.1. The van der Waals surface area contributed by atoms with Crippen molar-refractivity contribution in [3.63, 3.8) is 0 Å². The molecule has 0 radical (unpaired) electrons. The van der Waals surface area contributed by atoms with Gasteiger partial charge in [0.1, 0.15) is 0 Å². The summed E-state index contributed by atoms with van der Waals surface area (Å²) in [6, 6.07) is 22.3. The summed E-state index contributed by atoms with van der Waals surface area (Å²) in [5.41, 5.74) is 5.61. The molecule has 226 valence electrons. The predicted molar refractivity (Wildman–Crippen MR) is 163 cm³/mol. The summed E-state index contributed by atoms with van der Waals surface area (Å²) >= 11 is 0. The standard InChI is InChI=1S/C35H29N3O7/c39-30(24-9-12-28-25(19-24)18-23-4-1-2-5-27(23)28)21-45-35(43)22-7-10-26(11-8-22)38-32(40)20-29(33(38)41)36-13-15-37(16-14-36)34(42)31-6-3-17-44-31/h1-12,17,19,29H,13-16,18,20-21H2. The van der Waals surface area contributed by atoms with Crippen molar-refractivity contribution in [1.29, 1.82) is 0 Å². The topological polar surface area (TPSA) is 117 Å². The molecule has 3 aromatic carbocycles. The second-order valence-electron chi connectivity index (χ2n) is 11.3. The molecular formula is C35H29N3O7. The Morgan fingerprint density at radius 2 is 1.53 bits per heavy atom. The van der Waals surface area contributed by atoms with E-state index in [0.717, 1.165) is 22.4 Å². The lowest BCUT2D eigenvalue weighted by Crippen LogP contribution is -2.53. The van der Waals surface area contributed by atoms with Crippen LogP contribution in [-0.2, 0) is 20.7 Å². The number of furan rings is 1. The van der Waals surface area contributed by atoms with Crippen LogP contribution in [0.1, 0.15) is 48.8 Å². The van der Waals surface area contributed by atoms with Gasteiger partial charge in [-0.15, -0.1) is 0 Å². The molecule has 10 nitrogen and oxygen atoms in total. The lowest BCUT2D eigenvalue weighted by atomic mass is 10.0. The molecule has 2 fully saturated rings. The van der Waals surface area contributed by atoms with Gasteiger partial charge in [-0.3, -0.25) is 24.1 Å². The lowest BCUT2D eigenvalue weighted by molar-refractivity contribution is -0.123. The molecule has 1 aliphatic carbocycles. The molecule has 1 unspecified atom stereocenters. The Kier molecular flexibility index (Phi) is 7.34. The highest BCUT2D eigenvalue weighted by Crippen LogP contribution is 2.36. The zero-order chi connectivity index (χ0) is 31.1. The Morgan fingerprint density at radius 1 is 0.800 bits per heavy atom. The molecule has 0 spiro atoms. The molecule has 0 saturated carbocycles. The number of hydrogen-bond donors (Lipinski definition) is 0. The summed E-state index contributed by atoms with van der Waals surface area (Å²) in [6.07, 6.45) is 2.24. The zero-order valence-electron chi connectivity index (χ0n) is 24.3. The van der Waals surface area contributed by atoms with Gasteiger partial charge in [0.15, 0.2) is 18.2 Å². The number of esters is 1. The molecule has 2 saturated heterocycles. The second-order valence-corrected chi connectivity index (χ2v) is 11.3. The fourth-order valence-corrected chi connectivity index (χ4v) is 6.33. The molecule has 7 rings (SSSR count). The zero-order valence-corrected chi connectivity index (χ0v) is 24.3. The summed E-state index contributed by atoms with van der Waals surface area (Å²) in [5.74, 6) is -1.59. The highest BCUT2D eigenvalue weighted by atomic mass is 16.5. The third-order valence-corrected chi connectivity index (χ3v) is 8.71. The van der Waals surface area contributed by atoms with E-state index in [-0.39, 0.29) is 41.2 Å². The molecular weight excluding hydrogens is 574 g/mol. The van der Waals surface area contributed by atoms with Crippen LogP contribution < -0.4 is 4.90 Å². The predicted octanol–water partition coefficient (Wildman–Crippen LogP) is 3.98. The normalized spacial score (nSPS) is 17.7. The number of imide groups is 1. The maximum absolute atomic E-state index is 13.3. The molecule has 1 atom stereocenters. The van der Waals surface area contributed by atoms with E-state index in [2.05, 4.69) is 12.1 Å². The van der Waals surface area contributed by atoms with Crippen molar-refractivity contribution < 1.29 is 33.1 Å². The van der Waals surface area contributed by atoms with E-state index < -0.39 is 18.6 Å². The highest BCUT2D eigenvalue weighted by molar-refractivity contribution is 6.22. The first kappa shape index (κ1) is 28.4. The van der Waals surface area contributed by atoms with Gasteiger partial charge in [0.25, 0.3) is 11.8 Å². The van der Waals surface area contributed by atoms with Gasteiger partial charge < -0.3 is 14.1 Å². The van der Waals surface area contributed by atoms with Crippen molar-refractivity contribution >= 4 is 35.2 Å². The van der Waals surface area contributed by atoms with E-state index in [1.54, 1.807) is 23.1 Å². The molecule has 10 heteroatoms. The Balaban J connectivity index is 0.936. The van der Waals surface area contributed by atoms with Crippen molar-refractivity contribution in [3.8, 4) is 11.1 Å². The fraction of sp³-hybridized carbons (Fsp3) is 0.229. The largest absolute Gasteiger partial charge is 0.459 e. The Labute approximate surface area is 258 Å². The minimum absolute atomic E-state index is 0.0334. The first-order valence-electron chi connectivity index (χ1n) is 14.8. The van der Waals surface area contributed by atoms with Crippen LogP contribution in [0.4, 0.5) is 5.69 Å². The first-order valence-corrected chi connectivity index (χ1v) is 14.8. The number of Topliss-reactive ketones (excluding diaryl/α,β-unsaturated/α-hetero) is 1. The average molecular weight is 604 g/mol. The summed E-state index contributed by atoms with van der Waals surface area (Å²) in [7, 11) is 0. The molecule has 3 heterocycles. The number of carbonyl (C=O) groups excluding carboxylic acids is 5. The van der Waals surface area contributed by atoms with Crippen LogP contribution in [0, 0.1) is 0 Å². The number of hydrogen-bond acceptors (Lipinski definition) is 8. The molecule has 3 aliphatic rings. The van der Waals surface area contributed by atoms with Gasteiger partial charge in [-0.2, -0.15) is 0 Å². The monoisotopic (exact) mass is 603 g/mol. The summed E-state index contributed by atoms with van der Waals surface area (Å²) in [5, 5.41) is 0. The number of nitrogens with zero attached hydrogens (tertiary/aromatic N) is 3. The van der Waals surface area contributed by atoms with Crippen LogP contribution in [0.25, 0.3) is 11.1 Å². The van der Waals surface area contributed by atoms with E-state index in [1.165, 1.54) is 41.7 Å². The number of ether oxygens (including phenoxy) is 1. The van der Waals surface area contributed by atoms with Gasteiger partial charge in [-0.05, 0) is 71.1 Å². The minimum Gasteiger partial charge on any atom is -0.459 e. The fourth-order valence-electron chi connectivity index (χ4n) is 6.33. The summed E-state index contributed by atoms with van der Waals surface area (Å²) < 4.78 is 10.5. The Bertz CT molecular complexity index is 1820. The minimum atomic E-state index is -0.678. The van der Waals surface area contributed by atoms with Crippen molar-refractivity contribution in [2.45, 2.75) is 18.9 Å². The second kappa shape index (κ2) is 11.6. The third-order valence-electron chi connectivity index (χ3n) is 8.71. The van der Waals surface area contributed by atoms with Crippen molar-refractivity contribution in [2.75, 3.05) is 37.7 Å². The Hall–Kier alpha value is -5.35. The number of rotatable bonds is 7. The smallest absolute Gasteiger partial charge is 0.338 e. The van der Waals surface area contributed by atoms with Gasteiger partial charge in [0, 0.05) is 31.7 Å². The number of amides is 3.